The molecule has 1 amide bonds. The van der Waals surface area contributed by atoms with Crippen LogP contribution in [-0.4, -0.2) is 45.2 Å². The van der Waals surface area contributed by atoms with E-state index >= 15 is 0 Å². The van der Waals surface area contributed by atoms with E-state index in [9.17, 15) is 4.79 Å². The van der Waals surface area contributed by atoms with E-state index in [1.807, 2.05) is 13.1 Å². The van der Waals surface area contributed by atoms with Crippen LogP contribution in [0.4, 0.5) is 5.69 Å². The fraction of sp³-hybridized carbons (Fsp3) is 0.381. The third-order valence-electron chi connectivity index (χ3n) is 4.79. The van der Waals surface area contributed by atoms with Gasteiger partial charge in [-0.1, -0.05) is 18.2 Å². The number of carbonyl (C=O) groups is 1. The summed E-state index contributed by atoms with van der Waals surface area (Å²) >= 11 is 0. The van der Waals surface area contributed by atoms with Gasteiger partial charge in [-0.15, -0.1) is 0 Å². The van der Waals surface area contributed by atoms with Gasteiger partial charge in [0.15, 0.2) is 0 Å². The van der Waals surface area contributed by atoms with Crippen LogP contribution in [0.3, 0.4) is 0 Å². The Morgan fingerprint density at radius 2 is 1.65 bits per heavy atom. The molecule has 3 rings (SSSR count). The number of anilines is 1. The Morgan fingerprint density at radius 1 is 1.04 bits per heavy atom. The number of carbonyl (C=O) groups excluding carboxylic acids is 1. The van der Waals surface area contributed by atoms with Crippen LogP contribution >= 0.6 is 0 Å². The van der Waals surface area contributed by atoms with Crippen molar-refractivity contribution in [1.82, 2.24) is 4.90 Å². The molecule has 1 fully saturated rings. The van der Waals surface area contributed by atoms with Gasteiger partial charge in [-0.2, -0.15) is 0 Å². The van der Waals surface area contributed by atoms with E-state index < -0.39 is 0 Å². The zero-order chi connectivity index (χ0) is 18.5. The quantitative estimate of drug-likeness (QED) is 0.795. The third kappa shape index (κ3) is 3.93. The molecule has 1 saturated heterocycles. The summed E-state index contributed by atoms with van der Waals surface area (Å²) in [7, 11) is 4.99. The summed E-state index contributed by atoms with van der Waals surface area (Å²) in [5.41, 5.74) is 2.95. The van der Waals surface area contributed by atoms with E-state index in [2.05, 4.69) is 23.1 Å². The van der Waals surface area contributed by atoms with Crippen LogP contribution in [0.2, 0.25) is 0 Å². The standard InChI is InChI=1S/C21H26N2O3/c1-22(21(24)17-12-18(25-2)14-19(13-17)26-3)15-16-8-4-5-9-20(16)23-10-6-7-11-23/h4-5,8-9,12-14H,6-7,10-11,15H2,1-3H3. The second kappa shape index (κ2) is 8.13. The van der Waals surface area contributed by atoms with Crippen LogP contribution in [0.25, 0.3) is 0 Å². The molecule has 0 bridgehead atoms. The molecule has 0 saturated carbocycles. The fourth-order valence-electron chi connectivity index (χ4n) is 3.39. The first-order valence-electron chi connectivity index (χ1n) is 8.93. The molecule has 26 heavy (non-hydrogen) atoms. The number of amides is 1. The van der Waals surface area contributed by atoms with E-state index in [1.165, 1.54) is 24.1 Å². The number of methoxy groups -OCH3 is 2. The van der Waals surface area contributed by atoms with Crippen LogP contribution in [0.5, 0.6) is 11.5 Å². The van der Waals surface area contributed by atoms with Gasteiger partial charge in [0, 0.05) is 44.0 Å². The molecule has 0 N–H and O–H groups in total. The number of hydrogen-bond donors (Lipinski definition) is 0. The van der Waals surface area contributed by atoms with Crippen LogP contribution in [-0.2, 0) is 6.54 Å². The van der Waals surface area contributed by atoms with Crippen molar-refractivity contribution < 1.29 is 14.3 Å². The number of ether oxygens (including phenoxy) is 2. The van der Waals surface area contributed by atoms with Crippen molar-refractivity contribution in [3.05, 3.63) is 53.6 Å². The number of benzene rings is 2. The zero-order valence-electron chi connectivity index (χ0n) is 15.7. The minimum Gasteiger partial charge on any atom is -0.497 e. The van der Waals surface area contributed by atoms with Crippen LogP contribution in [0, 0.1) is 0 Å². The maximum atomic E-state index is 12.9. The molecule has 2 aromatic rings. The van der Waals surface area contributed by atoms with Gasteiger partial charge in [-0.05, 0) is 36.6 Å². The topological polar surface area (TPSA) is 42.0 Å². The average Bonchev–Trinajstić information content (AvgIpc) is 3.21. The number of nitrogens with zero attached hydrogens (tertiary/aromatic N) is 2. The Hall–Kier alpha value is -2.69. The van der Waals surface area contributed by atoms with E-state index in [4.69, 9.17) is 9.47 Å². The number of hydrogen-bond acceptors (Lipinski definition) is 4. The normalized spacial score (nSPS) is 13.6. The average molecular weight is 354 g/mol. The molecule has 138 valence electrons. The lowest BCUT2D eigenvalue weighted by Gasteiger charge is -2.24. The van der Waals surface area contributed by atoms with Gasteiger partial charge in [0.1, 0.15) is 11.5 Å². The van der Waals surface area contributed by atoms with Gasteiger partial charge in [-0.25, -0.2) is 0 Å². The van der Waals surface area contributed by atoms with E-state index in [-0.39, 0.29) is 5.91 Å². The summed E-state index contributed by atoms with van der Waals surface area (Å²) in [5.74, 6) is 1.16. The molecule has 5 nitrogen and oxygen atoms in total. The molecule has 0 radical (unpaired) electrons. The molecule has 0 atom stereocenters. The second-order valence-electron chi connectivity index (χ2n) is 6.59. The Kier molecular flexibility index (Phi) is 5.66. The Morgan fingerprint density at radius 3 is 2.27 bits per heavy atom. The molecule has 0 spiro atoms. The molecular formula is C21H26N2O3. The lowest BCUT2D eigenvalue weighted by atomic mass is 10.1. The summed E-state index contributed by atoms with van der Waals surface area (Å²) in [4.78, 5) is 17.1. The van der Waals surface area contributed by atoms with Crippen LogP contribution in [0.15, 0.2) is 42.5 Å². The highest BCUT2D eigenvalue weighted by Gasteiger charge is 2.19. The van der Waals surface area contributed by atoms with Crippen molar-refractivity contribution >= 4 is 11.6 Å². The van der Waals surface area contributed by atoms with Gasteiger partial charge >= 0.3 is 0 Å². The molecule has 1 aliphatic rings. The molecule has 0 aromatic heterocycles. The molecular weight excluding hydrogens is 328 g/mol. The maximum Gasteiger partial charge on any atom is 0.254 e. The van der Waals surface area contributed by atoms with E-state index in [1.54, 1.807) is 37.3 Å². The number of rotatable bonds is 6. The highest BCUT2D eigenvalue weighted by Crippen LogP contribution is 2.27. The summed E-state index contributed by atoms with van der Waals surface area (Å²) in [5, 5.41) is 0. The van der Waals surface area contributed by atoms with Gasteiger partial charge in [0.05, 0.1) is 14.2 Å². The van der Waals surface area contributed by atoms with Crippen molar-refractivity contribution in [1.29, 1.82) is 0 Å². The largest absolute Gasteiger partial charge is 0.497 e. The lowest BCUT2D eigenvalue weighted by Crippen LogP contribution is -2.28. The molecule has 0 aliphatic carbocycles. The van der Waals surface area contributed by atoms with Crippen molar-refractivity contribution in [3.8, 4) is 11.5 Å². The van der Waals surface area contributed by atoms with Crippen molar-refractivity contribution in [3.63, 3.8) is 0 Å². The molecule has 5 heteroatoms. The SMILES string of the molecule is COc1cc(OC)cc(C(=O)N(C)Cc2ccccc2N2CCCC2)c1. The first kappa shape index (κ1) is 18.1. The summed E-state index contributed by atoms with van der Waals surface area (Å²) in [6.45, 7) is 2.73. The Bertz CT molecular complexity index is 747. The van der Waals surface area contributed by atoms with Crippen molar-refractivity contribution in [2.24, 2.45) is 0 Å². The molecule has 0 unspecified atom stereocenters. The van der Waals surface area contributed by atoms with Gasteiger partial charge in [0.25, 0.3) is 5.91 Å². The van der Waals surface area contributed by atoms with Crippen molar-refractivity contribution in [2.75, 3.05) is 39.3 Å². The fourth-order valence-corrected chi connectivity index (χ4v) is 3.39. The maximum absolute atomic E-state index is 12.9. The Balaban J connectivity index is 1.80. The lowest BCUT2D eigenvalue weighted by molar-refractivity contribution is 0.0784. The molecule has 1 heterocycles. The van der Waals surface area contributed by atoms with E-state index in [0.29, 0.717) is 23.6 Å². The number of para-hydroxylation sites is 1. The first-order valence-corrected chi connectivity index (χ1v) is 8.93. The van der Waals surface area contributed by atoms with Crippen LogP contribution < -0.4 is 14.4 Å². The predicted octanol–water partition coefficient (Wildman–Crippen LogP) is 3.58. The monoisotopic (exact) mass is 354 g/mol. The molecule has 2 aromatic carbocycles. The summed E-state index contributed by atoms with van der Waals surface area (Å²) in [6.07, 6.45) is 2.46. The highest BCUT2D eigenvalue weighted by atomic mass is 16.5. The van der Waals surface area contributed by atoms with Crippen LogP contribution in [0.1, 0.15) is 28.8 Å². The third-order valence-corrected chi connectivity index (χ3v) is 4.79. The zero-order valence-corrected chi connectivity index (χ0v) is 15.7. The first-order chi connectivity index (χ1) is 12.6. The molecule has 1 aliphatic heterocycles. The van der Waals surface area contributed by atoms with Gasteiger partial charge < -0.3 is 19.3 Å². The minimum absolute atomic E-state index is 0.0570. The highest BCUT2D eigenvalue weighted by molar-refractivity contribution is 5.95. The summed E-state index contributed by atoms with van der Waals surface area (Å²) in [6, 6.07) is 13.6. The van der Waals surface area contributed by atoms with Gasteiger partial charge in [0.2, 0.25) is 0 Å². The Labute approximate surface area is 155 Å². The minimum atomic E-state index is -0.0570. The van der Waals surface area contributed by atoms with Gasteiger partial charge in [-0.3, -0.25) is 4.79 Å². The van der Waals surface area contributed by atoms with Crippen molar-refractivity contribution in [2.45, 2.75) is 19.4 Å². The van der Waals surface area contributed by atoms with E-state index in [0.717, 1.165) is 13.1 Å². The smallest absolute Gasteiger partial charge is 0.254 e. The summed E-state index contributed by atoms with van der Waals surface area (Å²) < 4.78 is 10.5. The predicted molar refractivity (Wildman–Crippen MR) is 103 cm³/mol. The second-order valence-corrected chi connectivity index (χ2v) is 6.59.